The molecule has 1 atom stereocenters. The second kappa shape index (κ2) is 7.68. The first kappa shape index (κ1) is 19.4. The molecule has 0 fully saturated rings. The number of rotatable bonds is 6. The molecule has 0 aliphatic carbocycles. The molecule has 3 rings (SSSR count). The molecule has 2 aromatic carbocycles. The van der Waals surface area contributed by atoms with Gasteiger partial charge in [-0.3, -0.25) is 0 Å². The molecule has 2 heteroatoms. The van der Waals surface area contributed by atoms with E-state index in [1.807, 2.05) is 0 Å². The lowest BCUT2D eigenvalue weighted by atomic mass is 9.78. The average molecular weight is 369 g/mol. The first-order valence-electron chi connectivity index (χ1n) is 9.86. The van der Waals surface area contributed by atoms with E-state index in [0.29, 0.717) is 0 Å². The highest BCUT2D eigenvalue weighted by molar-refractivity contribution is 8.00. The van der Waals surface area contributed by atoms with Gasteiger partial charge in [0.25, 0.3) is 0 Å². The van der Waals surface area contributed by atoms with E-state index in [1.165, 1.54) is 40.8 Å². The maximum Gasteiger partial charge on any atom is 0.123 e. The van der Waals surface area contributed by atoms with Crippen molar-refractivity contribution >= 4 is 11.8 Å². The zero-order valence-electron chi connectivity index (χ0n) is 16.9. The van der Waals surface area contributed by atoms with Crippen LogP contribution in [0.5, 0.6) is 5.75 Å². The van der Waals surface area contributed by atoms with E-state index in [0.717, 1.165) is 18.8 Å². The Hall–Kier alpha value is -1.41. The first-order valence-corrected chi connectivity index (χ1v) is 10.8. The standard InChI is InChI=1S/C24H32OS/c1-6-7-16-26-24(5,19-10-8-18(2)9-11-19)20-12-13-22-21(17-20)23(3,4)14-15-25-22/h8-13,17H,6-7,14-16H2,1-5H3. The summed E-state index contributed by atoms with van der Waals surface area (Å²) in [6, 6.07) is 16.0. The summed E-state index contributed by atoms with van der Waals surface area (Å²) in [6.07, 6.45) is 3.57. The number of hydrogen-bond acceptors (Lipinski definition) is 2. The van der Waals surface area contributed by atoms with Crippen molar-refractivity contribution in [2.24, 2.45) is 0 Å². The Morgan fingerprint density at radius 3 is 2.46 bits per heavy atom. The van der Waals surface area contributed by atoms with Gasteiger partial charge in [-0.1, -0.05) is 63.1 Å². The molecule has 0 N–H and O–H groups in total. The molecular formula is C24H32OS. The van der Waals surface area contributed by atoms with Crippen LogP contribution in [0.1, 0.15) is 69.2 Å². The molecule has 1 aliphatic rings. The topological polar surface area (TPSA) is 9.23 Å². The van der Waals surface area contributed by atoms with Crippen LogP contribution >= 0.6 is 11.8 Å². The van der Waals surface area contributed by atoms with Crippen molar-refractivity contribution in [1.29, 1.82) is 0 Å². The van der Waals surface area contributed by atoms with E-state index in [1.54, 1.807) is 0 Å². The van der Waals surface area contributed by atoms with E-state index >= 15 is 0 Å². The maximum absolute atomic E-state index is 5.94. The third-order valence-corrected chi connectivity index (χ3v) is 7.28. The van der Waals surface area contributed by atoms with Gasteiger partial charge in [-0.2, -0.15) is 0 Å². The number of benzene rings is 2. The van der Waals surface area contributed by atoms with Crippen LogP contribution in [-0.2, 0) is 10.2 Å². The highest BCUT2D eigenvalue weighted by Gasteiger charge is 2.34. The fraction of sp³-hybridized carbons (Fsp3) is 0.500. The number of ether oxygens (including phenoxy) is 1. The summed E-state index contributed by atoms with van der Waals surface area (Å²) in [6.45, 7) is 12.3. The van der Waals surface area contributed by atoms with Crippen LogP contribution in [0.2, 0.25) is 0 Å². The normalized spacial score (nSPS) is 17.9. The van der Waals surface area contributed by atoms with Crippen LogP contribution in [-0.4, -0.2) is 12.4 Å². The van der Waals surface area contributed by atoms with E-state index in [2.05, 4.69) is 88.8 Å². The Labute approximate surface area is 163 Å². The minimum atomic E-state index is -0.0363. The average Bonchev–Trinajstić information content (AvgIpc) is 2.62. The fourth-order valence-electron chi connectivity index (χ4n) is 3.66. The van der Waals surface area contributed by atoms with E-state index < -0.39 is 0 Å². The van der Waals surface area contributed by atoms with Crippen LogP contribution in [0.4, 0.5) is 0 Å². The Bertz CT molecular complexity index is 747. The lowest BCUT2D eigenvalue weighted by Crippen LogP contribution is -2.28. The molecule has 26 heavy (non-hydrogen) atoms. The quantitative estimate of drug-likeness (QED) is 0.515. The highest BCUT2D eigenvalue weighted by atomic mass is 32.2. The van der Waals surface area contributed by atoms with Gasteiger partial charge in [0.1, 0.15) is 5.75 Å². The summed E-state index contributed by atoms with van der Waals surface area (Å²) < 4.78 is 5.90. The van der Waals surface area contributed by atoms with E-state index in [9.17, 15) is 0 Å². The van der Waals surface area contributed by atoms with Crippen LogP contribution in [0.25, 0.3) is 0 Å². The Morgan fingerprint density at radius 2 is 1.77 bits per heavy atom. The van der Waals surface area contributed by atoms with Gasteiger partial charge in [0.05, 0.1) is 11.4 Å². The minimum absolute atomic E-state index is 0.0363. The highest BCUT2D eigenvalue weighted by Crippen LogP contribution is 2.46. The number of fused-ring (bicyclic) bond motifs is 1. The molecule has 0 saturated carbocycles. The predicted molar refractivity (Wildman–Crippen MR) is 115 cm³/mol. The molecule has 0 aromatic heterocycles. The Balaban J connectivity index is 2.05. The van der Waals surface area contributed by atoms with E-state index in [-0.39, 0.29) is 10.2 Å². The molecular weight excluding hydrogens is 336 g/mol. The van der Waals surface area contributed by atoms with Crippen LogP contribution in [0, 0.1) is 6.92 Å². The molecule has 2 aromatic rings. The molecule has 0 amide bonds. The summed E-state index contributed by atoms with van der Waals surface area (Å²) in [4.78, 5) is 0. The molecule has 140 valence electrons. The SMILES string of the molecule is CCCCSC(C)(c1ccc(C)cc1)c1ccc2c(c1)C(C)(C)CCO2. The molecule has 1 unspecified atom stereocenters. The largest absolute Gasteiger partial charge is 0.493 e. The van der Waals surface area contributed by atoms with Crippen molar-refractivity contribution in [3.8, 4) is 5.75 Å². The summed E-state index contributed by atoms with van der Waals surface area (Å²) in [7, 11) is 0. The molecule has 0 radical (unpaired) electrons. The third kappa shape index (κ3) is 3.81. The summed E-state index contributed by atoms with van der Waals surface area (Å²) in [5.74, 6) is 2.24. The van der Waals surface area contributed by atoms with Gasteiger partial charge >= 0.3 is 0 Å². The second-order valence-corrected chi connectivity index (χ2v) is 9.81. The monoisotopic (exact) mass is 368 g/mol. The van der Waals surface area contributed by atoms with Gasteiger partial charge in [-0.05, 0) is 61.1 Å². The second-order valence-electron chi connectivity index (χ2n) is 8.29. The van der Waals surface area contributed by atoms with E-state index in [4.69, 9.17) is 4.74 Å². The number of hydrogen-bond donors (Lipinski definition) is 0. The van der Waals surface area contributed by atoms with Crippen LogP contribution < -0.4 is 4.74 Å². The molecule has 0 saturated heterocycles. The number of unbranched alkanes of at least 4 members (excludes halogenated alkanes) is 1. The van der Waals surface area contributed by atoms with Crippen molar-refractivity contribution in [2.75, 3.05) is 12.4 Å². The van der Waals surface area contributed by atoms with Crippen molar-refractivity contribution in [2.45, 2.75) is 64.0 Å². The Morgan fingerprint density at radius 1 is 1.08 bits per heavy atom. The number of aryl methyl sites for hydroxylation is 1. The Kier molecular flexibility index (Phi) is 5.72. The summed E-state index contributed by atoms with van der Waals surface area (Å²) in [5.41, 5.74) is 5.62. The molecule has 0 spiro atoms. The van der Waals surface area contributed by atoms with Crippen molar-refractivity contribution in [3.63, 3.8) is 0 Å². The molecule has 0 bridgehead atoms. The zero-order chi connectivity index (χ0) is 18.8. The zero-order valence-corrected chi connectivity index (χ0v) is 17.7. The fourth-order valence-corrected chi connectivity index (χ4v) is 5.10. The van der Waals surface area contributed by atoms with Gasteiger partial charge in [-0.15, -0.1) is 11.8 Å². The lowest BCUT2D eigenvalue weighted by Gasteiger charge is -2.36. The lowest BCUT2D eigenvalue weighted by molar-refractivity contribution is 0.234. The van der Waals surface area contributed by atoms with Crippen LogP contribution in [0.15, 0.2) is 42.5 Å². The molecule has 1 heterocycles. The smallest absolute Gasteiger partial charge is 0.123 e. The van der Waals surface area contributed by atoms with Gasteiger partial charge in [-0.25, -0.2) is 0 Å². The molecule has 1 nitrogen and oxygen atoms in total. The van der Waals surface area contributed by atoms with Gasteiger partial charge < -0.3 is 4.74 Å². The number of thioether (sulfide) groups is 1. The van der Waals surface area contributed by atoms with Crippen molar-refractivity contribution < 1.29 is 4.74 Å². The summed E-state index contributed by atoms with van der Waals surface area (Å²) >= 11 is 2.07. The first-order chi connectivity index (χ1) is 12.4. The van der Waals surface area contributed by atoms with Crippen molar-refractivity contribution in [1.82, 2.24) is 0 Å². The summed E-state index contributed by atoms with van der Waals surface area (Å²) in [5, 5.41) is 0. The maximum atomic E-state index is 5.94. The minimum Gasteiger partial charge on any atom is -0.493 e. The van der Waals surface area contributed by atoms with Crippen molar-refractivity contribution in [3.05, 3.63) is 64.7 Å². The third-order valence-electron chi connectivity index (χ3n) is 5.74. The van der Waals surface area contributed by atoms with Gasteiger partial charge in [0, 0.05) is 5.56 Å². The predicted octanol–water partition coefficient (Wildman–Crippen LogP) is 6.85. The molecule has 1 aliphatic heterocycles. The van der Waals surface area contributed by atoms with Crippen LogP contribution in [0.3, 0.4) is 0 Å². The van der Waals surface area contributed by atoms with Gasteiger partial charge in [0.2, 0.25) is 0 Å². The van der Waals surface area contributed by atoms with Gasteiger partial charge in [0.15, 0.2) is 0 Å².